The number of allylic oxidation sites excluding steroid dienone is 1. The molecule has 2 aromatic carbocycles. The van der Waals surface area contributed by atoms with Crippen molar-refractivity contribution in [3.8, 4) is 29.5 Å². The maximum atomic E-state index is 9.43. The lowest BCUT2D eigenvalue weighted by molar-refractivity contribution is 1.33. The van der Waals surface area contributed by atoms with E-state index in [-0.39, 0.29) is 0 Å². The van der Waals surface area contributed by atoms with Crippen LogP contribution in [0.15, 0.2) is 73.1 Å². The Labute approximate surface area is 141 Å². The van der Waals surface area contributed by atoms with Crippen molar-refractivity contribution < 1.29 is 0 Å². The zero-order valence-corrected chi connectivity index (χ0v) is 13.0. The number of nitrogens with zero attached hydrogens (tertiary/aromatic N) is 2. The highest BCUT2D eigenvalue weighted by Gasteiger charge is 2.02. The van der Waals surface area contributed by atoms with Gasteiger partial charge in [-0.05, 0) is 52.6 Å². The fourth-order valence-corrected chi connectivity index (χ4v) is 2.41. The van der Waals surface area contributed by atoms with Crippen molar-refractivity contribution in [1.82, 2.24) is 4.98 Å². The van der Waals surface area contributed by atoms with Gasteiger partial charge in [0.05, 0.1) is 11.6 Å². The molecule has 0 fully saturated rings. The first kappa shape index (κ1) is 15.3. The van der Waals surface area contributed by atoms with Gasteiger partial charge in [0.2, 0.25) is 0 Å². The molecule has 0 bridgehead atoms. The van der Waals surface area contributed by atoms with Crippen LogP contribution >= 0.6 is 0 Å². The smallest absolute Gasteiger partial charge is 0.0998 e. The number of benzene rings is 2. The summed E-state index contributed by atoms with van der Waals surface area (Å²) in [5, 5.41) is 9.43. The predicted molar refractivity (Wildman–Crippen MR) is 97.5 cm³/mol. The first-order valence-corrected chi connectivity index (χ1v) is 7.49. The Morgan fingerprint density at radius 1 is 0.875 bits per heavy atom. The summed E-state index contributed by atoms with van der Waals surface area (Å²) in [7, 11) is 0. The lowest BCUT2D eigenvalue weighted by atomic mass is 10.0. The molecule has 0 aliphatic heterocycles. The van der Waals surface area contributed by atoms with E-state index in [0.717, 1.165) is 27.8 Å². The van der Waals surface area contributed by atoms with Gasteiger partial charge < -0.3 is 0 Å². The van der Waals surface area contributed by atoms with Crippen molar-refractivity contribution in [2.45, 2.75) is 0 Å². The molecule has 0 saturated carbocycles. The summed E-state index contributed by atoms with van der Waals surface area (Å²) >= 11 is 0. The Kier molecular flexibility index (Phi) is 4.52. The van der Waals surface area contributed by atoms with Crippen LogP contribution in [0.2, 0.25) is 0 Å². The van der Waals surface area contributed by atoms with E-state index in [1.165, 1.54) is 0 Å². The second kappa shape index (κ2) is 7.09. The number of pyridine rings is 1. The second-order valence-corrected chi connectivity index (χ2v) is 5.25. The van der Waals surface area contributed by atoms with Crippen molar-refractivity contribution in [3.05, 3.63) is 89.7 Å². The number of hydrogen-bond donors (Lipinski definition) is 0. The van der Waals surface area contributed by atoms with Crippen molar-refractivity contribution in [3.63, 3.8) is 0 Å². The minimum atomic E-state index is 0.607. The molecule has 0 N–H and O–H groups in total. The average molecular weight is 306 g/mol. The molecular formula is C22H14N2. The lowest BCUT2D eigenvalue weighted by Crippen LogP contribution is -1.84. The Bertz CT molecular complexity index is 936. The second-order valence-electron chi connectivity index (χ2n) is 5.25. The van der Waals surface area contributed by atoms with Crippen molar-refractivity contribution in [1.29, 1.82) is 5.26 Å². The molecule has 1 heterocycles. The van der Waals surface area contributed by atoms with Crippen LogP contribution in [-0.2, 0) is 0 Å². The zero-order chi connectivity index (χ0) is 16.8. The highest BCUT2D eigenvalue weighted by molar-refractivity contribution is 5.89. The third kappa shape index (κ3) is 3.40. The molecule has 3 aromatic rings. The fourth-order valence-electron chi connectivity index (χ4n) is 2.41. The third-order valence-electron chi connectivity index (χ3n) is 3.72. The molecule has 2 heteroatoms. The van der Waals surface area contributed by atoms with E-state index in [1.807, 2.05) is 66.7 Å². The van der Waals surface area contributed by atoms with Crippen LogP contribution in [-0.4, -0.2) is 4.98 Å². The molecule has 0 saturated heterocycles. The molecule has 0 radical (unpaired) electrons. The number of hydrogen-bond acceptors (Lipinski definition) is 2. The largest absolute Gasteiger partial charge is 0.265 e. The van der Waals surface area contributed by atoms with Gasteiger partial charge in [-0.2, -0.15) is 5.26 Å². The topological polar surface area (TPSA) is 36.7 Å². The van der Waals surface area contributed by atoms with Crippen molar-refractivity contribution >= 4 is 11.6 Å². The summed E-state index contributed by atoms with van der Waals surface area (Å²) in [5.74, 6) is 2.58. The van der Waals surface area contributed by atoms with Gasteiger partial charge in [-0.15, -0.1) is 6.42 Å². The molecule has 24 heavy (non-hydrogen) atoms. The van der Waals surface area contributed by atoms with Gasteiger partial charge >= 0.3 is 0 Å². The molecule has 2 nitrogen and oxygen atoms in total. The molecule has 0 aliphatic rings. The minimum Gasteiger partial charge on any atom is -0.265 e. The molecule has 0 aliphatic carbocycles. The lowest BCUT2D eigenvalue weighted by Gasteiger charge is -2.03. The molecule has 0 spiro atoms. The Hall–Kier alpha value is -3.62. The standard InChI is InChI=1S/C22H14N2/c1-2-17-3-7-20(8-4-17)22(16-23)15-18-5-9-19(10-6-18)21-11-13-24-14-12-21/h1,3-15H/b22-15+. The first-order chi connectivity index (χ1) is 11.8. The quantitative estimate of drug-likeness (QED) is 0.396. The van der Waals surface area contributed by atoms with Crippen molar-refractivity contribution in [2.75, 3.05) is 0 Å². The maximum absolute atomic E-state index is 9.43. The number of aromatic nitrogens is 1. The number of nitriles is 1. The van der Waals surface area contributed by atoms with Gasteiger partial charge in [-0.3, -0.25) is 4.98 Å². The predicted octanol–water partition coefficient (Wildman–Crippen LogP) is 4.79. The van der Waals surface area contributed by atoms with Crippen LogP contribution < -0.4 is 0 Å². The zero-order valence-electron chi connectivity index (χ0n) is 13.0. The van der Waals surface area contributed by atoms with E-state index in [1.54, 1.807) is 12.4 Å². The fraction of sp³-hybridized carbons (Fsp3) is 0. The normalized spacial score (nSPS) is 10.7. The van der Waals surface area contributed by atoms with E-state index < -0.39 is 0 Å². The molecule has 0 unspecified atom stereocenters. The minimum absolute atomic E-state index is 0.607. The van der Waals surface area contributed by atoms with E-state index in [2.05, 4.69) is 17.0 Å². The summed E-state index contributed by atoms with van der Waals surface area (Å²) in [4.78, 5) is 4.03. The Morgan fingerprint density at radius 3 is 2.08 bits per heavy atom. The van der Waals surface area contributed by atoms with Crippen LogP contribution in [0.25, 0.3) is 22.8 Å². The van der Waals surface area contributed by atoms with Crippen LogP contribution in [0.5, 0.6) is 0 Å². The van der Waals surface area contributed by atoms with Gasteiger partial charge in [0.1, 0.15) is 0 Å². The molecule has 0 amide bonds. The number of terminal acetylenes is 1. The highest BCUT2D eigenvalue weighted by atomic mass is 14.6. The van der Waals surface area contributed by atoms with Gasteiger partial charge in [-0.25, -0.2) is 0 Å². The van der Waals surface area contributed by atoms with E-state index >= 15 is 0 Å². The highest BCUT2D eigenvalue weighted by Crippen LogP contribution is 2.22. The summed E-state index contributed by atoms with van der Waals surface area (Å²) in [5.41, 5.74) is 5.48. The molecule has 112 valence electrons. The molecule has 0 atom stereocenters. The van der Waals surface area contributed by atoms with E-state index in [0.29, 0.717) is 5.57 Å². The summed E-state index contributed by atoms with van der Waals surface area (Å²) < 4.78 is 0. The van der Waals surface area contributed by atoms with Gasteiger partial charge in [0.25, 0.3) is 0 Å². The SMILES string of the molecule is C#Cc1ccc(/C(C#N)=C/c2ccc(-c3ccncc3)cc2)cc1. The average Bonchev–Trinajstić information content (AvgIpc) is 2.67. The summed E-state index contributed by atoms with van der Waals surface area (Å²) in [6.07, 6.45) is 10.8. The summed E-state index contributed by atoms with van der Waals surface area (Å²) in [6.45, 7) is 0. The monoisotopic (exact) mass is 306 g/mol. The van der Waals surface area contributed by atoms with Gasteiger partial charge in [0, 0.05) is 18.0 Å². The first-order valence-electron chi connectivity index (χ1n) is 7.49. The molecule has 3 rings (SSSR count). The van der Waals surface area contributed by atoms with Crippen LogP contribution in [0.3, 0.4) is 0 Å². The Balaban J connectivity index is 1.89. The molecule has 1 aromatic heterocycles. The van der Waals surface area contributed by atoms with Crippen LogP contribution in [0.1, 0.15) is 16.7 Å². The van der Waals surface area contributed by atoms with Crippen LogP contribution in [0, 0.1) is 23.7 Å². The van der Waals surface area contributed by atoms with E-state index in [4.69, 9.17) is 6.42 Å². The van der Waals surface area contributed by atoms with Gasteiger partial charge in [0.15, 0.2) is 0 Å². The van der Waals surface area contributed by atoms with Crippen LogP contribution in [0.4, 0.5) is 0 Å². The third-order valence-corrected chi connectivity index (χ3v) is 3.72. The van der Waals surface area contributed by atoms with Crippen molar-refractivity contribution in [2.24, 2.45) is 0 Å². The van der Waals surface area contributed by atoms with E-state index in [9.17, 15) is 5.26 Å². The Morgan fingerprint density at radius 2 is 1.50 bits per heavy atom. The maximum Gasteiger partial charge on any atom is 0.0998 e. The summed E-state index contributed by atoms with van der Waals surface area (Å²) in [6, 6.07) is 21.7. The van der Waals surface area contributed by atoms with Gasteiger partial charge in [-0.1, -0.05) is 42.3 Å². The molecular weight excluding hydrogens is 292 g/mol. The number of rotatable bonds is 3.